The van der Waals surface area contributed by atoms with Gasteiger partial charge in [-0.2, -0.15) is 0 Å². The summed E-state index contributed by atoms with van der Waals surface area (Å²) in [4.78, 5) is 24.6. The third kappa shape index (κ3) is 4.27. The summed E-state index contributed by atoms with van der Waals surface area (Å²) >= 11 is 0. The molecule has 0 saturated carbocycles. The normalized spacial score (nSPS) is 14.3. The smallest absolute Gasteiger partial charge is 0.338 e. The number of ether oxygens (including phenoxy) is 1. The molecule has 3 rings (SSSR count). The highest BCUT2D eigenvalue weighted by Crippen LogP contribution is 2.22. The fraction of sp³-hybridized carbons (Fsp3) is 0.333. The average molecular weight is 337 g/mol. The number of aryl methyl sites for hydroxylation is 3. The molecule has 0 aliphatic heterocycles. The highest BCUT2D eigenvalue weighted by Gasteiger charge is 2.20. The fourth-order valence-corrected chi connectivity index (χ4v) is 3.11. The number of benzene rings is 2. The first-order valence-corrected chi connectivity index (χ1v) is 8.73. The van der Waals surface area contributed by atoms with Crippen molar-refractivity contribution in [2.75, 3.05) is 5.32 Å². The van der Waals surface area contributed by atoms with E-state index in [0.717, 1.165) is 24.8 Å². The van der Waals surface area contributed by atoms with Crippen molar-refractivity contribution in [1.29, 1.82) is 0 Å². The molecule has 0 aromatic heterocycles. The molecule has 0 spiro atoms. The second kappa shape index (κ2) is 7.51. The van der Waals surface area contributed by atoms with Gasteiger partial charge in [0, 0.05) is 5.69 Å². The van der Waals surface area contributed by atoms with E-state index in [0.29, 0.717) is 11.3 Å². The summed E-state index contributed by atoms with van der Waals surface area (Å²) in [7, 11) is 0. The Balaban J connectivity index is 1.62. The molecule has 0 heterocycles. The van der Waals surface area contributed by atoms with Crippen molar-refractivity contribution in [3.63, 3.8) is 0 Å². The van der Waals surface area contributed by atoms with Crippen LogP contribution >= 0.6 is 0 Å². The maximum Gasteiger partial charge on any atom is 0.338 e. The predicted molar refractivity (Wildman–Crippen MR) is 97.8 cm³/mol. The van der Waals surface area contributed by atoms with Crippen LogP contribution in [0, 0.1) is 6.92 Å². The van der Waals surface area contributed by atoms with E-state index < -0.39 is 12.1 Å². The maximum absolute atomic E-state index is 12.3. The molecule has 0 radical (unpaired) electrons. The Bertz CT molecular complexity index is 797. The Morgan fingerprint density at radius 1 is 1.04 bits per heavy atom. The van der Waals surface area contributed by atoms with Crippen molar-refractivity contribution in [1.82, 2.24) is 0 Å². The fourth-order valence-electron chi connectivity index (χ4n) is 3.11. The minimum atomic E-state index is -0.857. The summed E-state index contributed by atoms with van der Waals surface area (Å²) in [5, 5.41) is 2.77. The molecule has 130 valence electrons. The zero-order chi connectivity index (χ0) is 17.8. The summed E-state index contributed by atoms with van der Waals surface area (Å²) in [6.45, 7) is 3.54. The number of carbonyl (C=O) groups excluding carboxylic acids is 2. The van der Waals surface area contributed by atoms with Crippen LogP contribution in [0.4, 0.5) is 5.69 Å². The van der Waals surface area contributed by atoms with E-state index in [1.165, 1.54) is 17.5 Å². The molecule has 0 fully saturated rings. The van der Waals surface area contributed by atoms with Crippen molar-refractivity contribution >= 4 is 17.6 Å². The average Bonchev–Trinajstić information content (AvgIpc) is 2.61. The molecule has 1 N–H and O–H groups in total. The van der Waals surface area contributed by atoms with Gasteiger partial charge in [0.1, 0.15) is 0 Å². The topological polar surface area (TPSA) is 55.4 Å². The lowest BCUT2D eigenvalue weighted by Gasteiger charge is -2.17. The van der Waals surface area contributed by atoms with E-state index in [9.17, 15) is 9.59 Å². The second-order valence-electron chi connectivity index (χ2n) is 6.60. The molecule has 1 aliphatic rings. The highest BCUT2D eigenvalue weighted by atomic mass is 16.5. The predicted octanol–water partition coefficient (Wildman–Crippen LogP) is 4.06. The van der Waals surface area contributed by atoms with Gasteiger partial charge in [0.15, 0.2) is 6.10 Å². The molecular weight excluding hydrogens is 314 g/mol. The quantitative estimate of drug-likeness (QED) is 0.856. The monoisotopic (exact) mass is 337 g/mol. The molecule has 4 nitrogen and oxygen atoms in total. The van der Waals surface area contributed by atoms with Crippen molar-refractivity contribution in [2.45, 2.75) is 45.6 Å². The molecule has 1 amide bonds. The van der Waals surface area contributed by atoms with Gasteiger partial charge in [0.25, 0.3) is 5.91 Å². The Morgan fingerprint density at radius 3 is 2.56 bits per heavy atom. The SMILES string of the molecule is Cc1cccc(NC(=O)[C@H](C)OC(=O)c2ccc3c(c2)CCCC3)c1. The lowest BCUT2D eigenvalue weighted by atomic mass is 9.90. The van der Waals surface area contributed by atoms with Gasteiger partial charge in [-0.05, 0) is 80.5 Å². The van der Waals surface area contributed by atoms with Crippen molar-refractivity contribution in [3.8, 4) is 0 Å². The van der Waals surface area contributed by atoms with E-state index >= 15 is 0 Å². The molecule has 1 atom stereocenters. The summed E-state index contributed by atoms with van der Waals surface area (Å²) in [5.74, 6) is -0.794. The Hall–Kier alpha value is -2.62. The van der Waals surface area contributed by atoms with Gasteiger partial charge in [-0.25, -0.2) is 4.79 Å². The van der Waals surface area contributed by atoms with Crippen molar-refractivity contribution < 1.29 is 14.3 Å². The molecule has 2 aromatic rings. The van der Waals surface area contributed by atoms with Crippen LogP contribution in [0.2, 0.25) is 0 Å². The van der Waals surface area contributed by atoms with Gasteiger partial charge in [0.05, 0.1) is 5.56 Å². The van der Waals surface area contributed by atoms with Crippen LogP contribution in [0.1, 0.15) is 46.8 Å². The lowest BCUT2D eigenvalue weighted by Crippen LogP contribution is -2.30. The molecule has 0 unspecified atom stereocenters. The first-order valence-electron chi connectivity index (χ1n) is 8.73. The van der Waals surface area contributed by atoms with Gasteiger partial charge < -0.3 is 10.1 Å². The molecule has 4 heteroatoms. The Labute approximate surface area is 148 Å². The summed E-state index contributed by atoms with van der Waals surface area (Å²) in [6, 6.07) is 13.2. The van der Waals surface area contributed by atoms with E-state index in [4.69, 9.17) is 4.74 Å². The number of amides is 1. The molecule has 2 aromatic carbocycles. The number of rotatable bonds is 4. The van der Waals surface area contributed by atoms with E-state index in [1.807, 2.05) is 43.3 Å². The van der Waals surface area contributed by atoms with Gasteiger partial charge >= 0.3 is 5.97 Å². The van der Waals surface area contributed by atoms with Crippen LogP contribution in [0.25, 0.3) is 0 Å². The zero-order valence-electron chi connectivity index (χ0n) is 14.7. The number of hydrogen-bond acceptors (Lipinski definition) is 3. The van der Waals surface area contributed by atoms with Gasteiger partial charge in [0.2, 0.25) is 0 Å². The molecule has 25 heavy (non-hydrogen) atoms. The largest absolute Gasteiger partial charge is 0.449 e. The highest BCUT2D eigenvalue weighted by molar-refractivity contribution is 5.97. The van der Waals surface area contributed by atoms with Gasteiger partial charge in [-0.15, -0.1) is 0 Å². The summed E-state index contributed by atoms with van der Waals surface area (Å²) in [5.41, 5.74) is 4.79. The number of anilines is 1. The van der Waals surface area contributed by atoms with Crippen LogP contribution in [-0.2, 0) is 22.4 Å². The Kier molecular flexibility index (Phi) is 5.17. The van der Waals surface area contributed by atoms with E-state index in [1.54, 1.807) is 13.0 Å². The third-order valence-corrected chi connectivity index (χ3v) is 4.52. The third-order valence-electron chi connectivity index (χ3n) is 4.52. The number of fused-ring (bicyclic) bond motifs is 1. The van der Waals surface area contributed by atoms with E-state index in [2.05, 4.69) is 5.32 Å². The number of carbonyl (C=O) groups is 2. The lowest BCUT2D eigenvalue weighted by molar-refractivity contribution is -0.123. The minimum absolute atomic E-state index is 0.336. The number of nitrogens with one attached hydrogen (secondary N) is 1. The van der Waals surface area contributed by atoms with Gasteiger partial charge in [-0.3, -0.25) is 4.79 Å². The molecule has 1 aliphatic carbocycles. The van der Waals surface area contributed by atoms with Crippen LogP contribution in [0.5, 0.6) is 0 Å². The molecule has 0 bridgehead atoms. The van der Waals surface area contributed by atoms with Crippen LogP contribution in [0.3, 0.4) is 0 Å². The molecular formula is C21H23NO3. The molecule has 0 saturated heterocycles. The summed E-state index contributed by atoms with van der Waals surface area (Å²) in [6.07, 6.45) is 3.57. The van der Waals surface area contributed by atoms with E-state index in [-0.39, 0.29) is 5.91 Å². The van der Waals surface area contributed by atoms with Crippen molar-refractivity contribution in [2.24, 2.45) is 0 Å². The second-order valence-corrected chi connectivity index (χ2v) is 6.60. The standard InChI is InChI=1S/C21H23NO3/c1-14-6-5-9-19(12-14)22-20(23)15(2)25-21(24)18-11-10-16-7-3-4-8-17(16)13-18/h5-6,9-13,15H,3-4,7-8H2,1-2H3,(H,22,23)/t15-/m0/s1. The zero-order valence-corrected chi connectivity index (χ0v) is 14.7. The van der Waals surface area contributed by atoms with Crippen molar-refractivity contribution in [3.05, 3.63) is 64.7 Å². The van der Waals surface area contributed by atoms with Gasteiger partial charge in [-0.1, -0.05) is 18.2 Å². The maximum atomic E-state index is 12.3. The minimum Gasteiger partial charge on any atom is -0.449 e. The number of esters is 1. The number of hydrogen-bond donors (Lipinski definition) is 1. The Morgan fingerprint density at radius 2 is 1.80 bits per heavy atom. The van der Waals surface area contributed by atoms with Crippen LogP contribution in [0.15, 0.2) is 42.5 Å². The first-order chi connectivity index (χ1) is 12.0. The van der Waals surface area contributed by atoms with Crippen LogP contribution < -0.4 is 5.32 Å². The van der Waals surface area contributed by atoms with Crippen LogP contribution in [-0.4, -0.2) is 18.0 Å². The summed E-state index contributed by atoms with van der Waals surface area (Å²) < 4.78 is 5.34. The first kappa shape index (κ1) is 17.2.